The monoisotopic (exact) mass is 435 g/mol. The number of aromatic amines is 1. The molecule has 3 rings (SSSR count). The Labute approximate surface area is 186 Å². The number of carbonyl (C=O) groups is 1. The molecular formula is C24H29N5O3. The SMILES string of the molecule is CCN(CC(=O)NCC(C)c1ccccc1)c1c(N)n(Cc2ccccc2)c(=O)[nH]c1=O. The minimum Gasteiger partial charge on any atom is -0.383 e. The Morgan fingerprint density at radius 1 is 1.09 bits per heavy atom. The van der Waals surface area contributed by atoms with Crippen LogP contribution < -0.4 is 27.2 Å². The van der Waals surface area contributed by atoms with Crippen LogP contribution in [0.5, 0.6) is 0 Å². The van der Waals surface area contributed by atoms with E-state index in [1.165, 1.54) is 4.57 Å². The van der Waals surface area contributed by atoms with Crippen LogP contribution in [0.4, 0.5) is 11.5 Å². The van der Waals surface area contributed by atoms with Gasteiger partial charge in [-0.3, -0.25) is 19.1 Å². The van der Waals surface area contributed by atoms with Crippen LogP contribution in [0.25, 0.3) is 0 Å². The van der Waals surface area contributed by atoms with E-state index in [-0.39, 0.29) is 36.4 Å². The van der Waals surface area contributed by atoms with E-state index in [4.69, 9.17) is 5.73 Å². The summed E-state index contributed by atoms with van der Waals surface area (Å²) in [6.07, 6.45) is 0. The third-order valence-corrected chi connectivity index (χ3v) is 5.40. The van der Waals surface area contributed by atoms with Gasteiger partial charge in [-0.1, -0.05) is 67.6 Å². The maximum absolute atomic E-state index is 12.6. The molecule has 2 aromatic carbocycles. The Morgan fingerprint density at radius 3 is 2.34 bits per heavy atom. The Kier molecular flexibility index (Phi) is 7.49. The number of rotatable bonds is 9. The fourth-order valence-electron chi connectivity index (χ4n) is 3.55. The second kappa shape index (κ2) is 10.5. The Bertz CT molecular complexity index is 1160. The fourth-order valence-corrected chi connectivity index (χ4v) is 3.55. The third kappa shape index (κ3) is 5.46. The summed E-state index contributed by atoms with van der Waals surface area (Å²) in [6.45, 7) is 4.88. The molecular weight excluding hydrogens is 406 g/mol. The second-order valence-corrected chi connectivity index (χ2v) is 7.69. The summed E-state index contributed by atoms with van der Waals surface area (Å²) in [5.74, 6) is -0.0411. The van der Waals surface area contributed by atoms with Gasteiger partial charge in [-0.2, -0.15) is 0 Å². The quantitative estimate of drug-likeness (QED) is 0.475. The van der Waals surface area contributed by atoms with E-state index in [9.17, 15) is 14.4 Å². The fraction of sp³-hybridized carbons (Fsp3) is 0.292. The molecule has 8 nitrogen and oxygen atoms in total. The van der Waals surface area contributed by atoms with Gasteiger partial charge in [0.05, 0.1) is 13.1 Å². The summed E-state index contributed by atoms with van der Waals surface area (Å²) in [4.78, 5) is 41.5. The molecule has 1 heterocycles. The first kappa shape index (κ1) is 22.9. The molecule has 0 fully saturated rings. The number of H-pyrrole nitrogens is 1. The lowest BCUT2D eigenvalue weighted by atomic mass is 10.0. The van der Waals surface area contributed by atoms with E-state index in [0.29, 0.717) is 13.1 Å². The zero-order valence-electron chi connectivity index (χ0n) is 18.4. The summed E-state index contributed by atoms with van der Waals surface area (Å²) in [5.41, 5.74) is 7.18. The summed E-state index contributed by atoms with van der Waals surface area (Å²) in [5, 5.41) is 2.92. The lowest BCUT2D eigenvalue weighted by Crippen LogP contribution is -2.43. The van der Waals surface area contributed by atoms with Crippen molar-refractivity contribution in [2.24, 2.45) is 0 Å². The van der Waals surface area contributed by atoms with Crippen molar-refractivity contribution in [3.8, 4) is 0 Å². The van der Waals surface area contributed by atoms with Crippen molar-refractivity contribution in [2.75, 3.05) is 30.3 Å². The molecule has 0 aliphatic heterocycles. The standard InChI is InChI=1S/C24H29N5O3/c1-3-28(16-20(30)26-14-17(2)19-12-8-5-9-13-19)21-22(25)29(24(32)27-23(21)31)15-18-10-6-4-7-11-18/h4-13,17H,3,14-16,25H2,1-2H3,(H,26,30)(H,27,31,32). The highest BCUT2D eigenvalue weighted by molar-refractivity contribution is 5.82. The van der Waals surface area contributed by atoms with Crippen LogP contribution >= 0.6 is 0 Å². The van der Waals surface area contributed by atoms with Gasteiger partial charge < -0.3 is 16.0 Å². The van der Waals surface area contributed by atoms with Crippen LogP contribution in [0.15, 0.2) is 70.3 Å². The minimum absolute atomic E-state index is 0.0370. The number of nitrogens with two attached hydrogens (primary N) is 1. The number of hydrogen-bond acceptors (Lipinski definition) is 5. The van der Waals surface area contributed by atoms with Crippen molar-refractivity contribution in [1.82, 2.24) is 14.9 Å². The van der Waals surface area contributed by atoms with Gasteiger partial charge in [0.25, 0.3) is 5.56 Å². The van der Waals surface area contributed by atoms with Crippen molar-refractivity contribution < 1.29 is 4.79 Å². The average Bonchev–Trinajstić information content (AvgIpc) is 2.80. The van der Waals surface area contributed by atoms with Gasteiger partial charge in [0, 0.05) is 13.1 Å². The lowest BCUT2D eigenvalue weighted by Gasteiger charge is -2.24. The van der Waals surface area contributed by atoms with Gasteiger partial charge >= 0.3 is 5.69 Å². The van der Waals surface area contributed by atoms with E-state index in [2.05, 4.69) is 10.3 Å². The largest absolute Gasteiger partial charge is 0.383 e. The van der Waals surface area contributed by atoms with Crippen LogP contribution in [0.1, 0.15) is 30.9 Å². The number of hydrogen-bond donors (Lipinski definition) is 3. The molecule has 3 aromatic rings. The smallest absolute Gasteiger partial charge is 0.330 e. The van der Waals surface area contributed by atoms with Crippen LogP contribution in [0.2, 0.25) is 0 Å². The molecule has 1 atom stereocenters. The van der Waals surface area contributed by atoms with E-state index in [1.54, 1.807) is 4.90 Å². The van der Waals surface area contributed by atoms with Crippen LogP contribution in [0, 0.1) is 0 Å². The number of nitrogens with zero attached hydrogens (tertiary/aromatic N) is 2. The predicted molar refractivity (Wildman–Crippen MR) is 127 cm³/mol. The Morgan fingerprint density at radius 2 is 1.72 bits per heavy atom. The summed E-state index contributed by atoms with van der Waals surface area (Å²) in [6, 6.07) is 19.3. The molecule has 0 aliphatic carbocycles. The normalized spacial score (nSPS) is 11.7. The van der Waals surface area contributed by atoms with E-state index >= 15 is 0 Å². The third-order valence-electron chi connectivity index (χ3n) is 5.40. The molecule has 0 saturated heterocycles. The first-order valence-corrected chi connectivity index (χ1v) is 10.6. The van der Waals surface area contributed by atoms with Crippen molar-refractivity contribution in [1.29, 1.82) is 0 Å². The number of likely N-dealkylation sites (N-methyl/N-ethyl adjacent to an activating group) is 1. The van der Waals surface area contributed by atoms with Crippen LogP contribution in [-0.2, 0) is 11.3 Å². The average molecular weight is 436 g/mol. The Balaban J connectivity index is 1.76. The molecule has 0 saturated carbocycles. The van der Waals surface area contributed by atoms with Crippen molar-refractivity contribution in [3.63, 3.8) is 0 Å². The Hall–Kier alpha value is -3.81. The molecule has 1 unspecified atom stereocenters. The topological polar surface area (TPSA) is 113 Å². The molecule has 168 valence electrons. The zero-order chi connectivity index (χ0) is 23.1. The number of amides is 1. The van der Waals surface area contributed by atoms with Crippen LogP contribution in [0.3, 0.4) is 0 Å². The van der Waals surface area contributed by atoms with E-state index in [1.807, 2.05) is 74.5 Å². The van der Waals surface area contributed by atoms with Gasteiger partial charge in [0.15, 0.2) is 0 Å². The van der Waals surface area contributed by atoms with Gasteiger partial charge in [-0.05, 0) is 24.0 Å². The highest BCUT2D eigenvalue weighted by atomic mass is 16.2. The lowest BCUT2D eigenvalue weighted by molar-refractivity contribution is -0.119. The van der Waals surface area contributed by atoms with Gasteiger partial charge in [-0.15, -0.1) is 0 Å². The molecule has 0 aliphatic rings. The van der Waals surface area contributed by atoms with Crippen molar-refractivity contribution in [3.05, 3.63) is 92.6 Å². The van der Waals surface area contributed by atoms with Gasteiger partial charge in [0.2, 0.25) is 5.91 Å². The number of aromatic nitrogens is 2. The van der Waals surface area contributed by atoms with Crippen molar-refractivity contribution in [2.45, 2.75) is 26.3 Å². The number of anilines is 2. The number of carbonyl (C=O) groups excluding carboxylic acids is 1. The molecule has 0 radical (unpaired) electrons. The van der Waals surface area contributed by atoms with Gasteiger partial charge in [-0.25, -0.2) is 4.79 Å². The second-order valence-electron chi connectivity index (χ2n) is 7.69. The molecule has 32 heavy (non-hydrogen) atoms. The predicted octanol–water partition coefficient (Wildman–Crippen LogP) is 1.91. The maximum atomic E-state index is 12.6. The first-order chi connectivity index (χ1) is 15.4. The summed E-state index contributed by atoms with van der Waals surface area (Å²) >= 11 is 0. The molecule has 0 bridgehead atoms. The molecule has 1 amide bonds. The first-order valence-electron chi connectivity index (χ1n) is 10.6. The molecule has 1 aromatic heterocycles. The van der Waals surface area contributed by atoms with Gasteiger partial charge in [0.1, 0.15) is 11.5 Å². The number of nitrogen functional groups attached to an aromatic ring is 1. The van der Waals surface area contributed by atoms with E-state index in [0.717, 1.165) is 11.1 Å². The summed E-state index contributed by atoms with van der Waals surface area (Å²) < 4.78 is 1.31. The number of benzene rings is 2. The van der Waals surface area contributed by atoms with Crippen LogP contribution in [-0.4, -0.2) is 35.1 Å². The maximum Gasteiger partial charge on any atom is 0.330 e. The highest BCUT2D eigenvalue weighted by Gasteiger charge is 2.20. The molecule has 8 heteroatoms. The van der Waals surface area contributed by atoms with E-state index < -0.39 is 11.2 Å². The highest BCUT2D eigenvalue weighted by Crippen LogP contribution is 2.17. The number of nitrogens with one attached hydrogen (secondary N) is 2. The zero-order valence-corrected chi connectivity index (χ0v) is 18.4. The summed E-state index contributed by atoms with van der Waals surface area (Å²) in [7, 11) is 0. The molecule has 4 N–H and O–H groups in total. The van der Waals surface area contributed by atoms with Crippen molar-refractivity contribution >= 4 is 17.4 Å². The minimum atomic E-state index is -0.607. The molecule has 0 spiro atoms.